The number of sulfonamides is 1. The van der Waals surface area contributed by atoms with Gasteiger partial charge in [0.2, 0.25) is 10.0 Å². The molecule has 170 valence electrons. The van der Waals surface area contributed by atoms with E-state index in [9.17, 15) is 18.0 Å². The lowest BCUT2D eigenvalue weighted by Crippen LogP contribution is -2.51. The van der Waals surface area contributed by atoms with Crippen molar-refractivity contribution < 1.29 is 27.5 Å². The summed E-state index contributed by atoms with van der Waals surface area (Å²) >= 11 is 5.83. The van der Waals surface area contributed by atoms with E-state index < -0.39 is 16.1 Å². The Morgan fingerprint density at radius 3 is 2.53 bits per heavy atom. The van der Waals surface area contributed by atoms with E-state index in [0.717, 1.165) is 0 Å². The van der Waals surface area contributed by atoms with E-state index in [4.69, 9.17) is 21.1 Å². The molecule has 0 radical (unpaired) electrons. The maximum atomic E-state index is 13.1. The number of anilines is 1. The summed E-state index contributed by atoms with van der Waals surface area (Å²) < 4.78 is 38.4. The highest BCUT2D eigenvalue weighted by atomic mass is 35.5. The molecule has 1 fully saturated rings. The van der Waals surface area contributed by atoms with Gasteiger partial charge in [-0.1, -0.05) is 11.6 Å². The number of rotatable bonds is 5. The number of halogens is 1. The van der Waals surface area contributed by atoms with Crippen LogP contribution < -0.4 is 14.8 Å². The SMILES string of the molecule is C[C@H]1Oc2ccc(S(=O)(=O)N3CCN(C(=O)COc4ccc(Cl)cc4)CC3)cc2NC1=O. The Morgan fingerprint density at radius 1 is 1.16 bits per heavy atom. The molecule has 0 aliphatic carbocycles. The Balaban J connectivity index is 1.36. The number of carbonyl (C=O) groups is 2. The van der Waals surface area contributed by atoms with Crippen LogP contribution in [0.15, 0.2) is 47.4 Å². The molecule has 2 heterocycles. The van der Waals surface area contributed by atoms with Crippen molar-refractivity contribution in [1.29, 1.82) is 0 Å². The third-order valence-corrected chi connectivity index (χ3v) is 7.43. The van der Waals surface area contributed by atoms with Gasteiger partial charge < -0.3 is 19.7 Å². The lowest BCUT2D eigenvalue weighted by molar-refractivity contribution is -0.134. The lowest BCUT2D eigenvalue weighted by Gasteiger charge is -2.34. The standard InChI is InChI=1S/C21H22ClN3O6S/c1-14-21(27)23-18-12-17(6-7-19(18)31-14)32(28,29)25-10-8-24(9-11-25)20(26)13-30-16-4-2-15(22)3-5-16/h2-7,12,14H,8-11,13H2,1H3,(H,23,27)/t14-/m1/s1. The van der Waals surface area contributed by atoms with Gasteiger partial charge in [0.1, 0.15) is 11.5 Å². The van der Waals surface area contributed by atoms with Crippen LogP contribution in [-0.2, 0) is 19.6 Å². The van der Waals surface area contributed by atoms with Crippen LogP contribution in [0.25, 0.3) is 0 Å². The number of nitrogens with one attached hydrogen (secondary N) is 1. The van der Waals surface area contributed by atoms with E-state index in [-0.39, 0.29) is 49.5 Å². The fourth-order valence-corrected chi connectivity index (χ4v) is 5.02. The first-order valence-electron chi connectivity index (χ1n) is 10.0. The number of hydrogen-bond donors (Lipinski definition) is 1. The number of hydrogen-bond acceptors (Lipinski definition) is 6. The summed E-state index contributed by atoms with van der Waals surface area (Å²) in [7, 11) is -3.79. The molecule has 0 spiro atoms. The zero-order chi connectivity index (χ0) is 22.9. The highest BCUT2D eigenvalue weighted by Crippen LogP contribution is 2.33. The molecule has 1 N–H and O–H groups in total. The van der Waals surface area contributed by atoms with Crippen LogP contribution in [0.4, 0.5) is 5.69 Å². The van der Waals surface area contributed by atoms with Gasteiger partial charge in [-0.25, -0.2) is 8.42 Å². The molecule has 9 nitrogen and oxygen atoms in total. The molecule has 4 rings (SSSR count). The van der Waals surface area contributed by atoms with E-state index >= 15 is 0 Å². The van der Waals surface area contributed by atoms with Crippen LogP contribution in [-0.4, -0.2) is 68.3 Å². The van der Waals surface area contributed by atoms with Crippen molar-refractivity contribution in [2.45, 2.75) is 17.9 Å². The molecular weight excluding hydrogens is 458 g/mol. The fourth-order valence-electron chi connectivity index (χ4n) is 3.44. The molecule has 0 aromatic heterocycles. The Labute approximate surface area is 190 Å². The Hall–Kier alpha value is -2.82. The van der Waals surface area contributed by atoms with Gasteiger partial charge in [-0.15, -0.1) is 0 Å². The van der Waals surface area contributed by atoms with Crippen molar-refractivity contribution >= 4 is 39.1 Å². The molecule has 2 amide bonds. The average Bonchev–Trinajstić information content (AvgIpc) is 2.79. The maximum absolute atomic E-state index is 13.1. The summed E-state index contributed by atoms with van der Waals surface area (Å²) in [4.78, 5) is 25.9. The maximum Gasteiger partial charge on any atom is 0.265 e. The highest BCUT2D eigenvalue weighted by molar-refractivity contribution is 7.89. The van der Waals surface area contributed by atoms with Gasteiger partial charge in [-0.2, -0.15) is 4.31 Å². The van der Waals surface area contributed by atoms with E-state index in [1.807, 2.05) is 0 Å². The second-order valence-corrected chi connectivity index (χ2v) is 9.81. The zero-order valence-corrected chi connectivity index (χ0v) is 18.9. The summed E-state index contributed by atoms with van der Waals surface area (Å²) in [5.41, 5.74) is 0.322. The fraction of sp³-hybridized carbons (Fsp3) is 0.333. The van der Waals surface area contributed by atoms with Crippen LogP contribution in [0.2, 0.25) is 5.02 Å². The average molecular weight is 480 g/mol. The number of carbonyl (C=O) groups excluding carboxylic acids is 2. The lowest BCUT2D eigenvalue weighted by atomic mass is 10.2. The highest BCUT2D eigenvalue weighted by Gasteiger charge is 2.32. The topological polar surface area (TPSA) is 105 Å². The van der Waals surface area contributed by atoms with Crippen molar-refractivity contribution in [3.05, 3.63) is 47.5 Å². The number of piperazine rings is 1. The van der Waals surface area contributed by atoms with Crippen LogP contribution in [0.5, 0.6) is 11.5 Å². The smallest absolute Gasteiger partial charge is 0.265 e. The summed E-state index contributed by atoms with van der Waals surface area (Å²) in [6, 6.07) is 11.1. The van der Waals surface area contributed by atoms with Crippen molar-refractivity contribution in [2.75, 3.05) is 38.1 Å². The Kier molecular flexibility index (Phi) is 6.27. The Morgan fingerprint density at radius 2 is 1.84 bits per heavy atom. The summed E-state index contributed by atoms with van der Waals surface area (Å²) in [6.07, 6.45) is -0.640. The van der Waals surface area contributed by atoms with Gasteiger partial charge in [0.05, 0.1) is 10.6 Å². The predicted octanol–water partition coefficient (Wildman–Crippen LogP) is 1.97. The molecule has 1 atom stereocenters. The molecule has 32 heavy (non-hydrogen) atoms. The minimum atomic E-state index is -3.79. The Bertz CT molecular complexity index is 1130. The minimum absolute atomic E-state index is 0.0561. The zero-order valence-electron chi connectivity index (χ0n) is 17.3. The molecule has 0 bridgehead atoms. The number of amides is 2. The van der Waals surface area contributed by atoms with Crippen molar-refractivity contribution in [1.82, 2.24) is 9.21 Å². The number of benzene rings is 2. The monoisotopic (exact) mass is 479 g/mol. The first-order valence-corrected chi connectivity index (χ1v) is 11.8. The summed E-state index contributed by atoms with van der Waals surface area (Å²) in [5.74, 6) is 0.397. The van der Waals surface area contributed by atoms with Gasteiger partial charge in [-0.3, -0.25) is 9.59 Å². The molecular formula is C21H22ClN3O6S. The second kappa shape index (κ2) is 8.97. The number of fused-ring (bicyclic) bond motifs is 1. The van der Waals surface area contributed by atoms with Crippen molar-refractivity contribution in [2.24, 2.45) is 0 Å². The van der Waals surface area contributed by atoms with Gasteiger partial charge in [0, 0.05) is 31.2 Å². The van der Waals surface area contributed by atoms with E-state index in [2.05, 4.69) is 5.32 Å². The molecule has 0 saturated carbocycles. The summed E-state index contributed by atoms with van der Waals surface area (Å²) in [5, 5.41) is 3.23. The normalized spacial score (nSPS) is 19.0. The van der Waals surface area contributed by atoms with Crippen LogP contribution in [0.3, 0.4) is 0 Å². The van der Waals surface area contributed by atoms with Crippen LogP contribution >= 0.6 is 11.6 Å². The van der Waals surface area contributed by atoms with Gasteiger partial charge in [0.15, 0.2) is 12.7 Å². The molecule has 2 aliphatic rings. The number of ether oxygens (including phenoxy) is 2. The first-order chi connectivity index (χ1) is 15.2. The van der Waals surface area contributed by atoms with E-state index in [1.54, 1.807) is 36.1 Å². The molecule has 11 heteroatoms. The molecule has 1 saturated heterocycles. The van der Waals surface area contributed by atoms with Gasteiger partial charge >= 0.3 is 0 Å². The second-order valence-electron chi connectivity index (χ2n) is 7.43. The summed E-state index contributed by atoms with van der Waals surface area (Å²) in [6.45, 7) is 2.30. The molecule has 2 aliphatic heterocycles. The largest absolute Gasteiger partial charge is 0.484 e. The van der Waals surface area contributed by atoms with E-state index in [1.165, 1.54) is 22.5 Å². The number of nitrogens with zero attached hydrogens (tertiary/aromatic N) is 2. The van der Waals surface area contributed by atoms with Crippen LogP contribution in [0, 0.1) is 0 Å². The minimum Gasteiger partial charge on any atom is -0.484 e. The van der Waals surface area contributed by atoms with E-state index in [0.29, 0.717) is 22.2 Å². The molecule has 2 aromatic rings. The van der Waals surface area contributed by atoms with Crippen LogP contribution in [0.1, 0.15) is 6.92 Å². The first kappa shape index (κ1) is 22.4. The van der Waals surface area contributed by atoms with Gasteiger partial charge in [0.25, 0.3) is 11.8 Å². The van der Waals surface area contributed by atoms with Crippen molar-refractivity contribution in [3.63, 3.8) is 0 Å². The molecule has 2 aromatic carbocycles. The third kappa shape index (κ3) is 4.67. The molecule has 0 unspecified atom stereocenters. The quantitative estimate of drug-likeness (QED) is 0.703. The van der Waals surface area contributed by atoms with Crippen molar-refractivity contribution in [3.8, 4) is 11.5 Å². The third-order valence-electron chi connectivity index (χ3n) is 5.29. The predicted molar refractivity (Wildman–Crippen MR) is 117 cm³/mol. The van der Waals surface area contributed by atoms with Gasteiger partial charge in [-0.05, 0) is 49.4 Å².